The number of carbonyl (C=O) groups is 1. The van der Waals surface area contributed by atoms with Gasteiger partial charge in [0.05, 0.1) is 19.7 Å². The molecular weight excluding hydrogens is 192 g/mol. The summed E-state index contributed by atoms with van der Waals surface area (Å²) in [6.45, 7) is 0. The second kappa shape index (κ2) is 4.28. The molecule has 0 amide bonds. The van der Waals surface area contributed by atoms with Crippen molar-refractivity contribution in [3.8, 4) is 0 Å². The van der Waals surface area contributed by atoms with Crippen LogP contribution in [0, 0.1) is 0 Å². The predicted molar refractivity (Wildman–Crippen MR) is 48.6 cm³/mol. The largest absolute Gasteiger partial charge is 0.469 e. The Bertz CT molecular complexity index is 309. The quantitative estimate of drug-likeness (QED) is 0.692. The lowest BCUT2D eigenvalue weighted by molar-refractivity contribution is -0.140. The molecular formula is C8H11ClN2O2. The van der Waals surface area contributed by atoms with E-state index in [0.717, 1.165) is 5.82 Å². The minimum atomic E-state index is -0.237. The van der Waals surface area contributed by atoms with Gasteiger partial charge in [0.15, 0.2) is 0 Å². The van der Waals surface area contributed by atoms with Crippen molar-refractivity contribution in [3.05, 3.63) is 17.2 Å². The second-order valence-corrected chi connectivity index (χ2v) is 3.02. The molecule has 0 bridgehead atoms. The smallest absolute Gasteiger partial charge is 0.305 e. The van der Waals surface area contributed by atoms with Crippen molar-refractivity contribution in [3.63, 3.8) is 0 Å². The van der Waals surface area contributed by atoms with Gasteiger partial charge in [0.2, 0.25) is 0 Å². The summed E-state index contributed by atoms with van der Waals surface area (Å²) in [7, 11) is 3.18. The summed E-state index contributed by atoms with van der Waals surface area (Å²) >= 11 is 5.76. The van der Waals surface area contributed by atoms with Crippen LogP contribution in [0.4, 0.5) is 0 Å². The molecule has 0 fully saturated rings. The predicted octanol–water partition coefficient (Wildman–Crippen LogP) is 1.18. The van der Waals surface area contributed by atoms with Crippen molar-refractivity contribution in [1.29, 1.82) is 0 Å². The molecule has 1 aromatic rings. The van der Waals surface area contributed by atoms with Crippen LogP contribution in [0.1, 0.15) is 12.2 Å². The molecule has 5 heteroatoms. The number of ether oxygens (including phenoxy) is 1. The maximum atomic E-state index is 10.8. The van der Waals surface area contributed by atoms with Gasteiger partial charge in [-0.1, -0.05) is 11.6 Å². The van der Waals surface area contributed by atoms with E-state index in [1.165, 1.54) is 7.11 Å². The molecule has 72 valence electrons. The zero-order valence-corrected chi connectivity index (χ0v) is 8.34. The molecule has 1 rings (SSSR count). The number of hydrogen-bond donors (Lipinski definition) is 0. The van der Waals surface area contributed by atoms with E-state index >= 15 is 0 Å². The summed E-state index contributed by atoms with van der Waals surface area (Å²) in [6, 6.07) is 0. The number of aromatic nitrogens is 2. The number of carbonyl (C=O) groups excluding carboxylic acids is 1. The molecule has 1 aromatic heterocycles. The lowest BCUT2D eigenvalue weighted by Crippen LogP contribution is -2.05. The van der Waals surface area contributed by atoms with Gasteiger partial charge in [-0.15, -0.1) is 0 Å². The molecule has 0 saturated carbocycles. The molecule has 0 aromatic carbocycles. The summed E-state index contributed by atoms with van der Waals surface area (Å²) in [5.41, 5.74) is 0. The van der Waals surface area contributed by atoms with Crippen LogP contribution >= 0.6 is 11.6 Å². The minimum Gasteiger partial charge on any atom is -0.469 e. The molecule has 0 aliphatic heterocycles. The molecule has 0 aliphatic carbocycles. The Labute approximate surface area is 81.5 Å². The molecule has 0 radical (unpaired) electrons. The van der Waals surface area contributed by atoms with Crippen LogP contribution in [0.2, 0.25) is 5.15 Å². The summed E-state index contributed by atoms with van der Waals surface area (Å²) in [5, 5.41) is 0.569. The first kappa shape index (κ1) is 10.1. The fourth-order valence-corrected chi connectivity index (χ4v) is 1.12. The van der Waals surface area contributed by atoms with E-state index in [2.05, 4.69) is 9.72 Å². The maximum Gasteiger partial charge on any atom is 0.305 e. The Morgan fingerprint density at radius 1 is 1.77 bits per heavy atom. The number of rotatable bonds is 3. The standard InChI is InChI=1S/C8H11ClN2O2/c1-11-6(9)5-10-7(11)3-4-8(12)13-2/h5H,3-4H2,1-2H3. The van der Waals surface area contributed by atoms with E-state index in [1.54, 1.807) is 10.8 Å². The molecule has 13 heavy (non-hydrogen) atoms. The molecule has 1 heterocycles. The lowest BCUT2D eigenvalue weighted by Gasteiger charge is -2.00. The normalized spacial score (nSPS) is 10.1. The maximum absolute atomic E-state index is 10.8. The van der Waals surface area contributed by atoms with Gasteiger partial charge < -0.3 is 9.30 Å². The van der Waals surface area contributed by atoms with Crippen molar-refractivity contribution in [2.45, 2.75) is 12.8 Å². The molecule has 0 unspecified atom stereocenters. The van der Waals surface area contributed by atoms with E-state index in [0.29, 0.717) is 18.0 Å². The van der Waals surface area contributed by atoms with Crippen molar-refractivity contribution >= 4 is 17.6 Å². The van der Waals surface area contributed by atoms with Gasteiger partial charge in [-0.3, -0.25) is 4.79 Å². The van der Waals surface area contributed by atoms with Crippen LogP contribution in [-0.2, 0) is 23.0 Å². The Kier molecular flexibility index (Phi) is 3.31. The van der Waals surface area contributed by atoms with Crippen LogP contribution in [0.3, 0.4) is 0 Å². The third kappa shape index (κ3) is 2.45. The van der Waals surface area contributed by atoms with Crippen LogP contribution in [-0.4, -0.2) is 22.6 Å². The number of nitrogens with zero attached hydrogens (tertiary/aromatic N) is 2. The summed E-state index contributed by atoms with van der Waals surface area (Å²) in [6.07, 6.45) is 2.45. The monoisotopic (exact) mass is 202 g/mol. The highest BCUT2D eigenvalue weighted by Gasteiger charge is 2.07. The van der Waals surface area contributed by atoms with E-state index in [9.17, 15) is 4.79 Å². The number of aryl methyl sites for hydroxylation is 1. The molecule has 0 atom stereocenters. The highest BCUT2D eigenvalue weighted by molar-refractivity contribution is 6.29. The lowest BCUT2D eigenvalue weighted by atomic mass is 10.3. The van der Waals surface area contributed by atoms with Crippen LogP contribution in [0.15, 0.2) is 6.20 Å². The fraction of sp³-hybridized carbons (Fsp3) is 0.500. The summed E-state index contributed by atoms with van der Waals surface area (Å²) in [4.78, 5) is 14.9. The van der Waals surface area contributed by atoms with Gasteiger partial charge in [-0.25, -0.2) is 4.98 Å². The SMILES string of the molecule is COC(=O)CCc1ncc(Cl)n1C. The molecule has 0 saturated heterocycles. The zero-order chi connectivity index (χ0) is 9.84. The zero-order valence-electron chi connectivity index (χ0n) is 7.58. The Morgan fingerprint density at radius 2 is 2.46 bits per heavy atom. The third-order valence-electron chi connectivity index (χ3n) is 1.81. The Hall–Kier alpha value is -1.03. The molecule has 4 nitrogen and oxygen atoms in total. The van der Waals surface area contributed by atoms with Gasteiger partial charge >= 0.3 is 5.97 Å². The van der Waals surface area contributed by atoms with Crippen molar-refractivity contribution in [2.24, 2.45) is 7.05 Å². The highest BCUT2D eigenvalue weighted by atomic mass is 35.5. The molecule has 0 aliphatic rings. The van der Waals surface area contributed by atoms with E-state index in [-0.39, 0.29) is 5.97 Å². The minimum absolute atomic E-state index is 0.237. The number of esters is 1. The first-order valence-electron chi connectivity index (χ1n) is 3.88. The van der Waals surface area contributed by atoms with Gasteiger partial charge in [-0.05, 0) is 0 Å². The van der Waals surface area contributed by atoms with Crippen LogP contribution < -0.4 is 0 Å². The van der Waals surface area contributed by atoms with E-state index < -0.39 is 0 Å². The third-order valence-corrected chi connectivity index (χ3v) is 2.16. The fourth-order valence-electron chi connectivity index (χ4n) is 0.972. The van der Waals surface area contributed by atoms with Gasteiger partial charge in [0, 0.05) is 13.5 Å². The summed E-state index contributed by atoms with van der Waals surface area (Å²) in [5.74, 6) is 0.550. The van der Waals surface area contributed by atoms with Crippen LogP contribution in [0.5, 0.6) is 0 Å². The van der Waals surface area contributed by atoms with Crippen molar-refractivity contribution in [2.75, 3.05) is 7.11 Å². The number of methoxy groups -OCH3 is 1. The van der Waals surface area contributed by atoms with Gasteiger partial charge in [0.1, 0.15) is 11.0 Å². The average molecular weight is 203 g/mol. The molecule has 0 spiro atoms. The Balaban J connectivity index is 2.55. The van der Waals surface area contributed by atoms with E-state index in [4.69, 9.17) is 11.6 Å². The first-order chi connectivity index (χ1) is 6.15. The van der Waals surface area contributed by atoms with Gasteiger partial charge in [0.25, 0.3) is 0 Å². The van der Waals surface area contributed by atoms with Crippen molar-refractivity contribution < 1.29 is 9.53 Å². The van der Waals surface area contributed by atoms with E-state index in [1.807, 2.05) is 7.05 Å². The molecule has 0 N–H and O–H groups in total. The van der Waals surface area contributed by atoms with Gasteiger partial charge in [-0.2, -0.15) is 0 Å². The first-order valence-corrected chi connectivity index (χ1v) is 4.26. The number of imidazole rings is 1. The van der Waals surface area contributed by atoms with Crippen molar-refractivity contribution in [1.82, 2.24) is 9.55 Å². The average Bonchev–Trinajstić information content (AvgIpc) is 2.44. The number of halogens is 1. The summed E-state index contributed by atoms with van der Waals surface area (Å²) < 4.78 is 6.25. The highest BCUT2D eigenvalue weighted by Crippen LogP contribution is 2.10. The Morgan fingerprint density at radius 3 is 2.92 bits per heavy atom. The topological polar surface area (TPSA) is 44.1 Å². The number of hydrogen-bond acceptors (Lipinski definition) is 3. The second-order valence-electron chi connectivity index (χ2n) is 2.63. The van der Waals surface area contributed by atoms with Crippen LogP contribution in [0.25, 0.3) is 0 Å².